The lowest BCUT2D eigenvalue weighted by molar-refractivity contribution is -0.121. The molecule has 1 N–H and O–H groups in total. The largest absolute Gasteiger partial charge is 0.453 e. The predicted octanol–water partition coefficient (Wildman–Crippen LogP) is 4.86. The number of hydrogen-bond acceptors (Lipinski definition) is 5. The number of carbonyl (C=O) groups is 3. The number of carbonyl (C=O) groups excluding carboxylic acids is 3. The zero-order valence-electron chi connectivity index (χ0n) is 19.2. The lowest BCUT2D eigenvalue weighted by Crippen LogP contribution is -2.41. The van der Waals surface area contributed by atoms with Crippen LogP contribution in [0.4, 0.5) is 4.39 Å². The highest BCUT2D eigenvalue weighted by Crippen LogP contribution is 2.30. The van der Waals surface area contributed by atoms with Crippen molar-refractivity contribution in [2.24, 2.45) is 0 Å². The summed E-state index contributed by atoms with van der Waals surface area (Å²) < 4.78 is 19.9. The lowest BCUT2D eigenvalue weighted by atomic mass is 9.94. The second kappa shape index (κ2) is 9.95. The van der Waals surface area contributed by atoms with E-state index in [-0.39, 0.29) is 43.0 Å². The summed E-state index contributed by atoms with van der Waals surface area (Å²) in [7, 11) is 0. The Morgan fingerprint density at radius 3 is 2.39 bits per heavy atom. The Balaban J connectivity index is 1.14. The number of imide groups is 1. The van der Waals surface area contributed by atoms with E-state index in [1.807, 2.05) is 12.1 Å². The van der Waals surface area contributed by atoms with Gasteiger partial charge in [-0.15, -0.1) is 0 Å². The van der Waals surface area contributed by atoms with Crippen LogP contribution in [0.5, 0.6) is 11.5 Å². The summed E-state index contributed by atoms with van der Waals surface area (Å²) in [5.41, 5.74) is 1.56. The molecule has 4 aromatic rings. The van der Waals surface area contributed by atoms with E-state index in [9.17, 15) is 18.8 Å². The van der Waals surface area contributed by atoms with Crippen molar-refractivity contribution in [3.8, 4) is 11.5 Å². The first kappa shape index (κ1) is 23.2. The number of rotatable bonds is 8. The molecule has 0 saturated carbocycles. The van der Waals surface area contributed by atoms with Gasteiger partial charge in [-0.3, -0.25) is 24.3 Å². The number of hydrogen-bond donors (Lipinski definition) is 1. The van der Waals surface area contributed by atoms with E-state index in [0.717, 1.165) is 5.39 Å². The average molecular weight is 483 g/mol. The van der Waals surface area contributed by atoms with E-state index in [2.05, 4.69) is 10.3 Å². The maximum Gasteiger partial charge on any atom is 0.261 e. The van der Waals surface area contributed by atoms with E-state index >= 15 is 0 Å². The molecule has 1 aromatic heterocycles. The molecule has 2 heterocycles. The summed E-state index contributed by atoms with van der Waals surface area (Å²) in [6.07, 6.45) is 3.51. The van der Waals surface area contributed by atoms with Crippen LogP contribution in [0.25, 0.3) is 10.8 Å². The van der Waals surface area contributed by atoms with Crippen molar-refractivity contribution in [3.63, 3.8) is 0 Å². The molecular weight excluding hydrogens is 461 g/mol. The van der Waals surface area contributed by atoms with Crippen LogP contribution in [0.2, 0.25) is 0 Å². The fraction of sp³-hybridized carbons (Fsp3) is 0.143. The molecule has 0 aliphatic carbocycles. The van der Waals surface area contributed by atoms with E-state index in [0.29, 0.717) is 34.2 Å². The molecule has 0 spiro atoms. The highest BCUT2D eigenvalue weighted by atomic mass is 19.1. The summed E-state index contributed by atoms with van der Waals surface area (Å²) >= 11 is 0. The van der Waals surface area contributed by atoms with Crippen LogP contribution in [-0.2, 0) is 11.3 Å². The SMILES string of the molecule is O=C(CCCN1C(=O)c2cccc3cccc(c23)C1=O)NCc1ccc(Oc2cccnc2)c(F)c1. The number of aromatic nitrogens is 1. The minimum Gasteiger partial charge on any atom is -0.453 e. The number of ether oxygens (including phenoxy) is 1. The monoisotopic (exact) mass is 483 g/mol. The smallest absolute Gasteiger partial charge is 0.261 e. The quantitative estimate of drug-likeness (QED) is 0.362. The molecule has 8 heteroatoms. The molecule has 3 amide bonds. The summed E-state index contributed by atoms with van der Waals surface area (Å²) in [5.74, 6) is -1.04. The zero-order chi connectivity index (χ0) is 25.1. The fourth-order valence-electron chi connectivity index (χ4n) is 4.24. The standard InChI is InChI=1S/C28H22FN3O4/c29-23-15-18(11-12-24(23)36-20-7-3-13-30-17-20)16-31-25(33)10-4-14-32-27(34)21-8-1-5-19-6-2-9-22(26(19)21)28(32)35/h1-3,5-9,11-13,15,17H,4,10,14,16H2,(H,31,33). The highest BCUT2D eigenvalue weighted by Gasteiger charge is 2.32. The zero-order valence-corrected chi connectivity index (χ0v) is 19.2. The first-order chi connectivity index (χ1) is 17.5. The van der Waals surface area contributed by atoms with Crippen molar-refractivity contribution in [2.45, 2.75) is 19.4 Å². The third kappa shape index (κ3) is 4.65. The minimum absolute atomic E-state index is 0.0613. The Hall–Kier alpha value is -4.59. The molecule has 7 nitrogen and oxygen atoms in total. The molecule has 0 saturated heterocycles. The Kier molecular flexibility index (Phi) is 6.40. The number of amides is 3. The van der Waals surface area contributed by atoms with Crippen molar-refractivity contribution in [1.82, 2.24) is 15.2 Å². The van der Waals surface area contributed by atoms with Crippen molar-refractivity contribution in [1.29, 1.82) is 0 Å². The van der Waals surface area contributed by atoms with Gasteiger partial charge in [0.2, 0.25) is 5.91 Å². The molecule has 0 radical (unpaired) electrons. The number of pyridine rings is 1. The molecule has 36 heavy (non-hydrogen) atoms. The Labute approximate surface area is 206 Å². The Bertz CT molecular complexity index is 1420. The lowest BCUT2D eigenvalue weighted by Gasteiger charge is -2.27. The number of nitrogens with zero attached hydrogens (tertiary/aromatic N) is 2. The molecule has 0 unspecified atom stereocenters. The second-order valence-corrected chi connectivity index (χ2v) is 8.41. The molecular formula is C28H22FN3O4. The summed E-state index contributed by atoms with van der Waals surface area (Å²) in [6.45, 7) is 0.269. The third-order valence-corrected chi connectivity index (χ3v) is 5.99. The topological polar surface area (TPSA) is 88.6 Å². The van der Waals surface area contributed by atoms with Crippen molar-refractivity contribution >= 4 is 28.5 Å². The van der Waals surface area contributed by atoms with Crippen LogP contribution in [0.1, 0.15) is 39.1 Å². The van der Waals surface area contributed by atoms with E-state index in [4.69, 9.17) is 4.74 Å². The molecule has 5 rings (SSSR count). The normalized spacial score (nSPS) is 12.6. The maximum absolute atomic E-state index is 14.4. The van der Waals surface area contributed by atoms with Gasteiger partial charge in [0.15, 0.2) is 11.6 Å². The van der Waals surface area contributed by atoms with E-state index in [1.54, 1.807) is 48.7 Å². The van der Waals surface area contributed by atoms with Gasteiger partial charge in [-0.25, -0.2) is 4.39 Å². The second-order valence-electron chi connectivity index (χ2n) is 8.41. The number of nitrogens with one attached hydrogen (secondary N) is 1. The molecule has 1 aliphatic heterocycles. The van der Waals surface area contributed by atoms with Crippen molar-refractivity contribution in [3.05, 3.63) is 102 Å². The predicted molar refractivity (Wildman–Crippen MR) is 131 cm³/mol. The third-order valence-electron chi connectivity index (χ3n) is 5.99. The summed E-state index contributed by atoms with van der Waals surface area (Å²) in [5, 5.41) is 4.26. The Morgan fingerprint density at radius 2 is 1.72 bits per heavy atom. The van der Waals surface area contributed by atoms with E-state index < -0.39 is 5.82 Å². The first-order valence-corrected chi connectivity index (χ1v) is 11.5. The van der Waals surface area contributed by atoms with Crippen LogP contribution in [0.3, 0.4) is 0 Å². The van der Waals surface area contributed by atoms with Gasteiger partial charge in [0, 0.05) is 42.2 Å². The van der Waals surface area contributed by atoms with Crippen LogP contribution < -0.4 is 10.1 Å². The van der Waals surface area contributed by atoms with Crippen LogP contribution in [-0.4, -0.2) is 34.2 Å². The van der Waals surface area contributed by atoms with Crippen LogP contribution in [0.15, 0.2) is 79.1 Å². The minimum atomic E-state index is -0.553. The summed E-state index contributed by atoms with van der Waals surface area (Å²) in [6, 6.07) is 18.6. The number of halogens is 1. The Morgan fingerprint density at radius 1 is 0.972 bits per heavy atom. The summed E-state index contributed by atoms with van der Waals surface area (Å²) in [4.78, 5) is 43.3. The molecule has 0 bridgehead atoms. The van der Waals surface area contributed by atoms with Gasteiger partial charge >= 0.3 is 0 Å². The van der Waals surface area contributed by atoms with E-state index in [1.165, 1.54) is 23.2 Å². The molecule has 1 aliphatic rings. The fourth-order valence-corrected chi connectivity index (χ4v) is 4.24. The van der Waals surface area contributed by atoms with Crippen LogP contribution in [0, 0.1) is 5.82 Å². The number of benzene rings is 3. The van der Waals surface area contributed by atoms with Gasteiger partial charge in [-0.1, -0.05) is 30.3 Å². The van der Waals surface area contributed by atoms with Crippen molar-refractivity contribution < 1.29 is 23.5 Å². The van der Waals surface area contributed by atoms with Gasteiger partial charge in [-0.2, -0.15) is 0 Å². The maximum atomic E-state index is 14.4. The van der Waals surface area contributed by atoms with Crippen LogP contribution >= 0.6 is 0 Å². The van der Waals surface area contributed by atoms with Gasteiger partial charge in [0.25, 0.3) is 11.8 Å². The van der Waals surface area contributed by atoms with Gasteiger partial charge in [0.1, 0.15) is 5.75 Å². The van der Waals surface area contributed by atoms with Gasteiger partial charge < -0.3 is 10.1 Å². The molecule has 3 aromatic carbocycles. The molecule has 180 valence electrons. The van der Waals surface area contributed by atoms with Gasteiger partial charge in [-0.05, 0) is 53.8 Å². The van der Waals surface area contributed by atoms with Gasteiger partial charge in [0.05, 0.1) is 6.20 Å². The van der Waals surface area contributed by atoms with Crippen molar-refractivity contribution in [2.75, 3.05) is 6.54 Å². The molecule has 0 fully saturated rings. The highest BCUT2D eigenvalue weighted by molar-refractivity contribution is 6.25. The first-order valence-electron chi connectivity index (χ1n) is 11.5. The average Bonchev–Trinajstić information content (AvgIpc) is 2.90. The molecule has 0 atom stereocenters.